The molecule has 1 aliphatic rings. The summed E-state index contributed by atoms with van der Waals surface area (Å²) in [6, 6.07) is 8.41. The van der Waals surface area contributed by atoms with Crippen LogP contribution in [0.15, 0.2) is 53.6 Å². The van der Waals surface area contributed by atoms with E-state index >= 15 is 0 Å². The smallest absolute Gasteiger partial charge is 0.422 e. The fourth-order valence-corrected chi connectivity index (χ4v) is 2.07. The zero-order chi connectivity index (χ0) is 16.3. The minimum Gasteiger partial charge on any atom is -0.469 e. The van der Waals surface area contributed by atoms with E-state index in [2.05, 4.69) is 0 Å². The molecule has 0 atom stereocenters. The third kappa shape index (κ3) is 3.78. The number of nitro groups is 1. The maximum Gasteiger partial charge on any atom is 0.422 e. The summed E-state index contributed by atoms with van der Waals surface area (Å²) in [7, 11) is 0. The first kappa shape index (κ1) is 15.9. The minimum atomic E-state index is -4.48. The van der Waals surface area contributed by atoms with Gasteiger partial charge in [-0.25, -0.2) is 0 Å². The topological polar surface area (TPSA) is 55.6 Å². The summed E-state index contributed by atoms with van der Waals surface area (Å²) in [5.41, 5.74) is 0.679. The summed E-state index contributed by atoms with van der Waals surface area (Å²) >= 11 is 0. The number of para-hydroxylation sites is 1. The van der Waals surface area contributed by atoms with Gasteiger partial charge >= 0.3 is 6.18 Å². The number of alkyl halides is 3. The maximum atomic E-state index is 12.4. The second-order valence-electron chi connectivity index (χ2n) is 4.71. The maximum absolute atomic E-state index is 12.4. The molecule has 0 radical (unpaired) electrons. The van der Waals surface area contributed by atoms with Crippen molar-refractivity contribution in [2.75, 3.05) is 18.1 Å². The van der Waals surface area contributed by atoms with Gasteiger partial charge in [0.15, 0.2) is 12.5 Å². The van der Waals surface area contributed by atoms with Gasteiger partial charge in [-0.05, 0) is 19.1 Å². The van der Waals surface area contributed by atoms with Crippen LogP contribution >= 0.6 is 0 Å². The number of allylic oxidation sites excluding steroid dienone is 2. The molecular weight excluding hydrogens is 301 g/mol. The Kier molecular flexibility index (Phi) is 4.39. The molecule has 2 rings (SSSR count). The van der Waals surface area contributed by atoms with Crippen molar-refractivity contribution in [3.63, 3.8) is 0 Å². The Hall–Kier alpha value is -2.51. The predicted octanol–water partition coefficient (Wildman–Crippen LogP) is 3.48. The molecule has 1 heterocycles. The van der Waals surface area contributed by atoms with Gasteiger partial charge in [-0.15, -0.1) is 0 Å². The number of nitrogens with zero attached hydrogens (tertiary/aromatic N) is 2. The highest BCUT2D eigenvalue weighted by Crippen LogP contribution is 2.29. The Labute approximate surface area is 124 Å². The van der Waals surface area contributed by atoms with Gasteiger partial charge < -0.3 is 9.64 Å². The van der Waals surface area contributed by atoms with Crippen LogP contribution in [-0.2, 0) is 4.74 Å². The Bertz CT molecular complexity index is 624. The largest absolute Gasteiger partial charge is 0.469 e. The number of anilines is 1. The fraction of sp³-hybridized carbons (Fsp3) is 0.286. The monoisotopic (exact) mass is 314 g/mol. The standard InChI is InChI=1S/C14H13F3N2O3/c1-10-7-12(19(20)21)8-18(11-5-3-2-4-6-11)13(10)22-9-14(15,16)17/h2-7H,8-9H2,1H3. The van der Waals surface area contributed by atoms with Crippen LogP contribution in [0.25, 0.3) is 0 Å². The summed E-state index contributed by atoms with van der Waals surface area (Å²) in [4.78, 5) is 11.8. The van der Waals surface area contributed by atoms with E-state index in [0.717, 1.165) is 0 Å². The van der Waals surface area contributed by atoms with Gasteiger partial charge in [-0.1, -0.05) is 18.2 Å². The van der Waals surface area contributed by atoms with Crippen LogP contribution in [0.5, 0.6) is 0 Å². The van der Waals surface area contributed by atoms with E-state index in [0.29, 0.717) is 5.69 Å². The first-order valence-corrected chi connectivity index (χ1v) is 6.36. The number of rotatable bonds is 4. The Morgan fingerprint density at radius 3 is 2.50 bits per heavy atom. The molecule has 0 aliphatic carbocycles. The molecule has 22 heavy (non-hydrogen) atoms. The van der Waals surface area contributed by atoms with Crippen LogP contribution in [0.4, 0.5) is 18.9 Å². The van der Waals surface area contributed by atoms with Crippen molar-refractivity contribution >= 4 is 5.69 Å². The average molecular weight is 314 g/mol. The quantitative estimate of drug-likeness (QED) is 0.631. The molecule has 1 aromatic rings. The number of benzene rings is 1. The van der Waals surface area contributed by atoms with Crippen LogP contribution in [-0.4, -0.2) is 24.3 Å². The average Bonchev–Trinajstić information content (AvgIpc) is 2.45. The Morgan fingerprint density at radius 2 is 1.95 bits per heavy atom. The van der Waals surface area contributed by atoms with Crippen molar-refractivity contribution in [3.8, 4) is 0 Å². The molecule has 0 spiro atoms. The number of hydrogen-bond donors (Lipinski definition) is 0. The first-order chi connectivity index (χ1) is 10.3. The van der Waals surface area contributed by atoms with Gasteiger partial charge in [0.05, 0.1) is 4.92 Å². The van der Waals surface area contributed by atoms with Crippen LogP contribution in [0.2, 0.25) is 0 Å². The number of ether oxygens (including phenoxy) is 1. The second kappa shape index (κ2) is 6.08. The van der Waals surface area contributed by atoms with Gasteiger partial charge in [0.1, 0.15) is 6.54 Å². The van der Waals surface area contributed by atoms with Crippen molar-refractivity contribution in [1.29, 1.82) is 0 Å². The van der Waals surface area contributed by atoms with E-state index in [1.54, 1.807) is 30.3 Å². The van der Waals surface area contributed by atoms with Crippen molar-refractivity contribution in [2.24, 2.45) is 0 Å². The van der Waals surface area contributed by atoms with Gasteiger partial charge in [0, 0.05) is 17.3 Å². The summed E-state index contributed by atoms with van der Waals surface area (Å²) in [6.45, 7) is -0.142. The van der Waals surface area contributed by atoms with Gasteiger partial charge in [-0.3, -0.25) is 10.1 Å². The molecule has 5 nitrogen and oxygen atoms in total. The van der Waals surface area contributed by atoms with Gasteiger partial charge in [0.2, 0.25) is 0 Å². The number of halogens is 3. The van der Waals surface area contributed by atoms with Crippen LogP contribution in [0, 0.1) is 10.1 Å². The molecule has 1 aromatic carbocycles. The molecule has 0 N–H and O–H groups in total. The molecule has 0 unspecified atom stereocenters. The van der Waals surface area contributed by atoms with E-state index in [4.69, 9.17) is 4.74 Å². The van der Waals surface area contributed by atoms with Crippen LogP contribution < -0.4 is 4.90 Å². The summed E-state index contributed by atoms with van der Waals surface area (Å²) < 4.78 is 42.0. The lowest BCUT2D eigenvalue weighted by Gasteiger charge is -2.30. The van der Waals surface area contributed by atoms with E-state index in [9.17, 15) is 23.3 Å². The normalized spacial score (nSPS) is 15.6. The van der Waals surface area contributed by atoms with Crippen molar-refractivity contribution in [3.05, 3.63) is 63.7 Å². The molecule has 118 valence electrons. The molecule has 0 bridgehead atoms. The fourth-order valence-electron chi connectivity index (χ4n) is 2.07. The molecule has 0 amide bonds. The molecular formula is C14H13F3N2O3. The molecule has 0 saturated carbocycles. The molecule has 1 aliphatic heterocycles. The van der Waals surface area contributed by atoms with Crippen molar-refractivity contribution < 1.29 is 22.8 Å². The summed E-state index contributed by atoms with van der Waals surface area (Å²) in [6.07, 6.45) is -3.26. The zero-order valence-electron chi connectivity index (χ0n) is 11.6. The lowest BCUT2D eigenvalue weighted by Crippen LogP contribution is -2.34. The van der Waals surface area contributed by atoms with Crippen LogP contribution in [0.3, 0.4) is 0 Å². The molecule has 0 fully saturated rings. The Morgan fingerprint density at radius 1 is 1.32 bits per heavy atom. The molecule has 8 heteroatoms. The first-order valence-electron chi connectivity index (χ1n) is 6.36. The summed E-state index contributed by atoms with van der Waals surface area (Å²) in [5, 5.41) is 11.0. The molecule has 0 saturated heterocycles. The van der Waals surface area contributed by atoms with E-state index in [1.165, 1.54) is 17.9 Å². The van der Waals surface area contributed by atoms with E-state index in [-0.39, 0.29) is 23.7 Å². The lowest BCUT2D eigenvalue weighted by molar-refractivity contribution is -0.425. The highest BCUT2D eigenvalue weighted by Gasteiger charge is 2.33. The van der Waals surface area contributed by atoms with Gasteiger partial charge in [-0.2, -0.15) is 13.2 Å². The molecule has 0 aromatic heterocycles. The second-order valence-corrected chi connectivity index (χ2v) is 4.71. The summed E-state index contributed by atoms with van der Waals surface area (Å²) in [5.74, 6) is -0.0332. The highest BCUT2D eigenvalue weighted by atomic mass is 19.4. The minimum absolute atomic E-state index is 0.0332. The SMILES string of the molecule is CC1=C(OCC(F)(F)F)N(c2ccccc2)CC([N+](=O)[O-])=C1. The lowest BCUT2D eigenvalue weighted by atomic mass is 10.1. The Balaban J connectivity index is 2.37. The zero-order valence-corrected chi connectivity index (χ0v) is 11.6. The van der Waals surface area contributed by atoms with E-state index < -0.39 is 17.7 Å². The third-order valence-electron chi connectivity index (χ3n) is 2.96. The predicted molar refractivity (Wildman–Crippen MR) is 73.6 cm³/mol. The highest BCUT2D eigenvalue weighted by molar-refractivity contribution is 5.55. The van der Waals surface area contributed by atoms with E-state index in [1.807, 2.05) is 0 Å². The third-order valence-corrected chi connectivity index (χ3v) is 2.96. The number of hydrogen-bond acceptors (Lipinski definition) is 4. The van der Waals surface area contributed by atoms with Crippen LogP contribution in [0.1, 0.15) is 6.92 Å². The van der Waals surface area contributed by atoms with Crippen molar-refractivity contribution in [2.45, 2.75) is 13.1 Å². The van der Waals surface area contributed by atoms with Gasteiger partial charge in [0.25, 0.3) is 5.70 Å². The van der Waals surface area contributed by atoms with Crippen molar-refractivity contribution in [1.82, 2.24) is 0 Å².